The first-order valence-electron chi connectivity index (χ1n) is 7.18. The molecule has 0 radical (unpaired) electrons. The number of hydrogen-bond donors (Lipinski definition) is 1. The Hall–Kier alpha value is -1.92. The van der Waals surface area contributed by atoms with Crippen LogP contribution in [0.25, 0.3) is 5.69 Å². The summed E-state index contributed by atoms with van der Waals surface area (Å²) in [6, 6.07) is 8.12. The van der Waals surface area contributed by atoms with Gasteiger partial charge in [0.2, 0.25) is 0 Å². The number of aromatic nitrogens is 3. The van der Waals surface area contributed by atoms with E-state index in [0.29, 0.717) is 18.8 Å². The molecule has 0 saturated carbocycles. The number of carbonyl (C=O) groups is 1. The third-order valence-corrected chi connectivity index (χ3v) is 3.81. The highest BCUT2D eigenvalue weighted by Crippen LogP contribution is 2.13. The molecule has 0 aliphatic carbocycles. The van der Waals surface area contributed by atoms with Gasteiger partial charge in [-0.05, 0) is 37.5 Å². The predicted molar refractivity (Wildman–Crippen MR) is 86.5 cm³/mol. The Balaban J connectivity index is 0.00000176. The summed E-state index contributed by atoms with van der Waals surface area (Å²) in [6.45, 7) is 3.40. The lowest BCUT2D eigenvalue weighted by atomic mass is 10.1. The number of amides is 1. The Bertz CT molecular complexity index is 649. The van der Waals surface area contributed by atoms with Crippen LogP contribution in [0.15, 0.2) is 30.5 Å². The predicted octanol–water partition coefficient (Wildman–Crippen LogP) is 1.56. The van der Waals surface area contributed by atoms with Crippen LogP contribution in [0.4, 0.5) is 0 Å². The number of nitrogens with two attached hydrogens (primary N) is 1. The lowest BCUT2D eigenvalue weighted by molar-refractivity contribution is 0.0708. The normalized spacial score (nSPS) is 15.5. The molecule has 1 aromatic carbocycles. The molecule has 1 fully saturated rings. The summed E-state index contributed by atoms with van der Waals surface area (Å²) in [4.78, 5) is 14.2. The van der Waals surface area contributed by atoms with Gasteiger partial charge in [-0.15, -0.1) is 17.5 Å². The van der Waals surface area contributed by atoms with Crippen molar-refractivity contribution in [2.75, 3.05) is 13.1 Å². The first-order valence-corrected chi connectivity index (χ1v) is 7.18. The topological polar surface area (TPSA) is 77.0 Å². The third kappa shape index (κ3) is 3.45. The molecule has 2 N–H and O–H groups in total. The van der Waals surface area contributed by atoms with Crippen LogP contribution >= 0.6 is 12.4 Å². The van der Waals surface area contributed by atoms with Gasteiger partial charge in [-0.3, -0.25) is 4.79 Å². The zero-order valence-corrected chi connectivity index (χ0v) is 13.3. The van der Waals surface area contributed by atoms with Crippen LogP contribution < -0.4 is 5.73 Å². The maximum Gasteiger partial charge on any atom is 0.276 e. The number of carbonyl (C=O) groups excluding carboxylic acids is 1. The molecule has 0 spiro atoms. The number of benzene rings is 1. The number of nitrogens with zero attached hydrogens (tertiary/aromatic N) is 4. The van der Waals surface area contributed by atoms with Crippen LogP contribution in [0, 0.1) is 6.92 Å². The van der Waals surface area contributed by atoms with Gasteiger partial charge in [0.25, 0.3) is 5.91 Å². The largest absolute Gasteiger partial charge is 0.337 e. The number of rotatable bonds is 2. The molecule has 1 saturated heterocycles. The number of halogens is 1. The van der Waals surface area contributed by atoms with E-state index in [9.17, 15) is 4.79 Å². The van der Waals surface area contributed by atoms with Gasteiger partial charge in [0.05, 0.1) is 11.9 Å². The van der Waals surface area contributed by atoms with E-state index in [-0.39, 0.29) is 24.4 Å². The monoisotopic (exact) mass is 321 g/mol. The molecule has 0 atom stereocenters. The van der Waals surface area contributed by atoms with Gasteiger partial charge in [0.1, 0.15) is 0 Å². The van der Waals surface area contributed by atoms with Crippen molar-refractivity contribution in [1.29, 1.82) is 0 Å². The highest BCUT2D eigenvalue weighted by molar-refractivity contribution is 5.92. The van der Waals surface area contributed by atoms with Crippen LogP contribution in [0.3, 0.4) is 0 Å². The highest BCUT2D eigenvalue weighted by atomic mass is 35.5. The minimum atomic E-state index is -0.0687. The smallest absolute Gasteiger partial charge is 0.276 e. The molecular weight excluding hydrogens is 302 g/mol. The van der Waals surface area contributed by atoms with Crippen LogP contribution in [0.1, 0.15) is 28.9 Å². The van der Waals surface area contributed by atoms with Crippen LogP contribution in [0.2, 0.25) is 0 Å². The van der Waals surface area contributed by atoms with Crippen molar-refractivity contribution in [3.63, 3.8) is 0 Å². The number of likely N-dealkylation sites (tertiary alicyclic amines) is 1. The maximum atomic E-state index is 12.4. The summed E-state index contributed by atoms with van der Waals surface area (Å²) < 4.78 is 1.63. The SMILES string of the molecule is Cc1cccc(-n2cc(C(=O)N3CCC(N)CC3)nn2)c1.Cl. The summed E-state index contributed by atoms with van der Waals surface area (Å²) in [7, 11) is 0. The zero-order valence-electron chi connectivity index (χ0n) is 12.5. The summed E-state index contributed by atoms with van der Waals surface area (Å²) in [6.07, 6.45) is 3.38. The van der Waals surface area contributed by atoms with E-state index in [2.05, 4.69) is 10.3 Å². The Morgan fingerprint density at radius 1 is 1.32 bits per heavy atom. The summed E-state index contributed by atoms with van der Waals surface area (Å²) in [5.41, 5.74) is 8.29. The minimum absolute atomic E-state index is 0. The molecule has 2 heterocycles. The van der Waals surface area contributed by atoms with Gasteiger partial charge < -0.3 is 10.6 Å². The molecule has 1 aromatic heterocycles. The van der Waals surface area contributed by atoms with Gasteiger partial charge in [-0.1, -0.05) is 17.3 Å². The van der Waals surface area contributed by atoms with E-state index < -0.39 is 0 Å². The lowest BCUT2D eigenvalue weighted by Crippen LogP contribution is -2.43. The van der Waals surface area contributed by atoms with Gasteiger partial charge in [0, 0.05) is 19.1 Å². The van der Waals surface area contributed by atoms with Crippen molar-refractivity contribution in [1.82, 2.24) is 19.9 Å². The molecule has 3 rings (SSSR count). The van der Waals surface area contributed by atoms with Crippen molar-refractivity contribution in [2.24, 2.45) is 5.73 Å². The van der Waals surface area contributed by atoms with Gasteiger partial charge in [-0.2, -0.15) is 0 Å². The quantitative estimate of drug-likeness (QED) is 0.910. The molecule has 2 aromatic rings. The zero-order chi connectivity index (χ0) is 14.8. The second-order valence-corrected chi connectivity index (χ2v) is 5.52. The van der Waals surface area contributed by atoms with E-state index in [1.165, 1.54) is 0 Å². The third-order valence-electron chi connectivity index (χ3n) is 3.81. The van der Waals surface area contributed by atoms with E-state index in [1.807, 2.05) is 31.2 Å². The Morgan fingerprint density at radius 3 is 2.73 bits per heavy atom. The average Bonchev–Trinajstić information content (AvgIpc) is 2.97. The van der Waals surface area contributed by atoms with Crippen molar-refractivity contribution in [3.05, 3.63) is 41.7 Å². The molecular formula is C15H20ClN5O. The summed E-state index contributed by atoms with van der Waals surface area (Å²) >= 11 is 0. The first-order chi connectivity index (χ1) is 10.1. The van der Waals surface area contributed by atoms with Crippen molar-refractivity contribution in [2.45, 2.75) is 25.8 Å². The minimum Gasteiger partial charge on any atom is -0.337 e. The maximum absolute atomic E-state index is 12.4. The molecule has 1 amide bonds. The molecule has 22 heavy (non-hydrogen) atoms. The molecule has 118 valence electrons. The fraction of sp³-hybridized carbons (Fsp3) is 0.400. The van der Waals surface area contributed by atoms with Gasteiger partial charge >= 0.3 is 0 Å². The molecule has 6 nitrogen and oxygen atoms in total. The van der Waals surface area contributed by atoms with Crippen molar-refractivity contribution >= 4 is 18.3 Å². The van der Waals surface area contributed by atoms with Gasteiger partial charge in [-0.25, -0.2) is 4.68 Å². The molecule has 7 heteroatoms. The molecule has 1 aliphatic heterocycles. The van der Waals surface area contributed by atoms with Crippen LogP contribution in [-0.2, 0) is 0 Å². The van der Waals surface area contributed by atoms with Crippen LogP contribution in [-0.4, -0.2) is 44.9 Å². The fourth-order valence-corrected chi connectivity index (χ4v) is 2.52. The Morgan fingerprint density at radius 2 is 2.05 bits per heavy atom. The average molecular weight is 322 g/mol. The molecule has 1 aliphatic rings. The number of aryl methyl sites for hydroxylation is 1. The van der Waals surface area contributed by atoms with E-state index in [4.69, 9.17) is 5.73 Å². The van der Waals surface area contributed by atoms with Crippen molar-refractivity contribution in [3.8, 4) is 5.69 Å². The lowest BCUT2D eigenvalue weighted by Gasteiger charge is -2.29. The second-order valence-electron chi connectivity index (χ2n) is 5.52. The van der Waals surface area contributed by atoms with E-state index >= 15 is 0 Å². The second kappa shape index (κ2) is 6.89. The molecule has 0 unspecified atom stereocenters. The Kier molecular flexibility index (Phi) is 5.15. The summed E-state index contributed by atoms with van der Waals surface area (Å²) in [5.74, 6) is -0.0687. The van der Waals surface area contributed by atoms with E-state index in [0.717, 1.165) is 24.1 Å². The van der Waals surface area contributed by atoms with E-state index in [1.54, 1.807) is 15.8 Å². The van der Waals surface area contributed by atoms with Crippen LogP contribution in [0.5, 0.6) is 0 Å². The molecule has 0 bridgehead atoms. The number of piperidine rings is 1. The van der Waals surface area contributed by atoms with Crippen molar-refractivity contribution < 1.29 is 4.79 Å². The standard InChI is InChI=1S/C15H19N5O.ClH/c1-11-3-2-4-13(9-11)20-10-14(17-18-20)15(21)19-7-5-12(16)6-8-19;/h2-4,9-10,12H,5-8,16H2,1H3;1H. The highest BCUT2D eigenvalue weighted by Gasteiger charge is 2.23. The Labute approximate surface area is 135 Å². The first kappa shape index (κ1) is 16.5. The number of hydrogen-bond acceptors (Lipinski definition) is 4. The van der Waals surface area contributed by atoms with Gasteiger partial charge in [0.15, 0.2) is 5.69 Å². The fourth-order valence-electron chi connectivity index (χ4n) is 2.52. The summed E-state index contributed by atoms with van der Waals surface area (Å²) in [5, 5.41) is 8.06.